The lowest BCUT2D eigenvalue weighted by molar-refractivity contribution is 0.0748. The van der Waals surface area contributed by atoms with Gasteiger partial charge in [-0.3, -0.25) is 4.79 Å². The van der Waals surface area contributed by atoms with Crippen molar-refractivity contribution >= 4 is 5.91 Å². The van der Waals surface area contributed by atoms with Crippen molar-refractivity contribution in [3.05, 3.63) is 23.5 Å². The monoisotopic (exact) mass is 164 g/mol. The third-order valence-corrected chi connectivity index (χ3v) is 2.39. The summed E-state index contributed by atoms with van der Waals surface area (Å²) in [5, 5.41) is 0. The molecule has 0 fully saturated rings. The third-order valence-electron chi connectivity index (χ3n) is 2.39. The van der Waals surface area contributed by atoms with Gasteiger partial charge in [-0.25, -0.2) is 0 Å². The highest BCUT2D eigenvalue weighted by Gasteiger charge is 2.22. The molecule has 0 spiro atoms. The molecule has 0 bridgehead atoms. The van der Waals surface area contributed by atoms with Crippen molar-refractivity contribution in [1.29, 1.82) is 0 Å². The smallest absolute Gasteiger partial charge is 0.270 e. The number of amides is 1. The van der Waals surface area contributed by atoms with Crippen molar-refractivity contribution in [2.45, 2.75) is 13.5 Å². The Labute approximate surface area is 71.6 Å². The summed E-state index contributed by atoms with van der Waals surface area (Å²) in [6, 6.07) is 1.99. The van der Waals surface area contributed by atoms with E-state index >= 15 is 0 Å². The van der Waals surface area contributed by atoms with Crippen molar-refractivity contribution in [3.63, 3.8) is 0 Å². The first-order chi connectivity index (χ1) is 5.70. The Morgan fingerprint density at radius 1 is 1.42 bits per heavy atom. The molecule has 1 aromatic rings. The number of hydrogen-bond acceptors (Lipinski definition) is 1. The number of rotatable bonds is 0. The van der Waals surface area contributed by atoms with Gasteiger partial charge in [0.2, 0.25) is 0 Å². The summed E-state index contributed by atoms with van der Waals surface area (Å²) in [5.41, 5.74) is 1.93. The number of nitrogens with zero attached hydrogens (tertiary/aromatic N) is 2. The first-order valence-corrected chi connectivity index (χ1v) is 4.11. The van der Waals surface area contributed by atoms with Gasteiger partial charge in [-0.1, -0.05) is 0 Å². The van der Waals surface area contributed by atoms with E-state index in [0.717, 1.165) is 24.3 Å². The Kier molecular flexibility index (Phi) is 1.46. The maximum atomic E-state index is 11.6. The summed E-state index contributed by atoms with van der Waals surface area (Å²) >= 11 is 0. The van der Waals surface area contributed by atoms with Crippen molar-refractivity contribution in [2.75, 3.05) is 13.6 Å². The molecule has 2 heterocycles. The first-order valence-electron chi connectivity index (χ1n) is 4.11. The van der Waals surface area contributed by atoms with E-state index in [0.29, 0.717) is 0 Å². The molecule has 0 atom stereocenters. The second kappa shape index (κ2) is 2.37. The summed E-state index contributed by atoms with van der Waals surface area (Å²) < 4.78 is 2.03. The molecule has 0 saturated carbocycles. The van der Waals surface area contributed by atoms with E-state index in [1.165, 1.54) is 0 Å². The number of likely N-dealkylation sites (N-methyl/N-ethyl adjacent to an activating group) is 1. The summed E-state index contributed by atoms with van der Waals surface area (Å²) in [5.74, 6) is 0.142. The van der Waals surface area contributed by atoms with Crippen molar-refractivity contribution in [1.82, 2.24) is 9.47 Å². The van der Waals surface area contributed by atoms with Crippen LogP contribution in [-0.2, 0) is 6.54 Å². The van der Waals surface area contributed by atoms with E-state index in [-0.39, 0.29) is 5.91 Å². The van der Waals surface area contributed by atoms with Crippen molar-refractivity contribution < 1.29 is 4.79 Å². The Morgan fingerprint density at radius 2 is 2.17 bits per heavy atom. The minimum Gasteiger partial charge on any atom is -0.342 e. The molecule has 12 heavy (non-hydrogen) atoms. The van der Waals surface area contributed by atoms with Crippen LogP contribution in [0.4, 0.5) is 0 Å². The average Bonchev–Trinajstić information content (AvgIpc) is 2.41. The molecule has 3 heteroatoms. The van der Waals surface area contributed by atoms with E-state index in [2.05, 4.69) is 0 Å². The number of hydrogen-bond donors (Lipinski definition) is 0. The molecular formula is C9H12N2O. The van der Waals surface area contributed by atoms with E-state index in [1.54, 1.807) is 4.90 Å². The van der Waals surface area contributed by atoms with Gasteiger partial charge in [-0.2, -0.15) is 0 Å². The summed E-state index contributed by atoms with van der Waals surface area (Å²) in [6.45, 7) is 3.72. The molecule has 1 aliphatic rings. The van der Waals surface area contributed by atoms with Gasteiger partial charge in [-0.15, -0.1) is 0 Å². The molecule has 3 nitrogen and oxygen atoms in total. The van der Waals surface area contributed by atoms with Gasteiger partial charge in [0.15, 0.2) is 0 Å². The molecule has 0 radical (unpaired) electrons. The van der Waals surface area contributed by atoms with Crippen LogP contribution in [0.5, 0.6) is 0 Å². The maximum absolute atomic E-state index is 11.6. The zero-order valence-corrected chi connectivity index (χ0v) is 7.37. The molecule has 0 unspecified atom stereocenters. The van der Waals surface area contributed by atoms with Crippen LogP contribution in [0, 0.1) is 6.92 Å². The van der Waals surface area contributed by atoms with Crippen molar-refractivity contribution in [2.24, 2.45) is 0 Å². The number of carbonyl (C=O) groups excluding carboxylic acids is 1. The number of aromatic nitrogens is 1. The zero-order valence-electron chi connectivity index (χ0n) is 7.37. The highest BCUT2D eigenvalue weighted by Crippen LogP contribution is 2.15. The predicted molar refractivity (Wildman–Crippen MR) is 46.1 cm³/mol. The minimum absolute atomic E-state index is 0.142. The van der Waals surface area contributed by atoms with Crippen LogP contribution in [0.25, 0.3) is 0 Å². The summed E-state index contributed by atoms with van der Waals surface area (Å²) in [4.78, 5) is 13.4. The molecule has 2 rings (SSSR count). The molecule has 1 amide bonds. The summed E-state index contributed by atoms with van der Waals surface area (Å²) in [7, 11) is 1.85. The second-order valence-electron chi connectivity index (χ2n) is 3.27. The highest BCUT2D eigenvalue weighted by atomic mass is 16.2. The number of carbonyl (C=O) groups is 1. The van der Waals surface area contributed by atoms with Gasteiger partial charge in [0.1, 0.15) is 5.69 Å². The third kappa shape index (κ3) is 0.858. The maximum Gasteiger partial charge on any atom is 0.270 e. The lowest BCUT2D eigenvalue weighted by atomic mass is 10.2. The van der Waals surface area contributed by atoms with Gasteiger partial charge < -0.3 is 9.47 Å². The van der Waals surface area contributed by atoms with E-state index < -0.39 is 0 Å². The highest BCUT2D eigenvalue weighted by molar-refractivity contribution is 5.94. The van der Waals surface area contributed by atoms with Gasteiger partial charge in [0, 0.05) is 26.3 Å². The first kappa shape index (κ1) is 7.40. The van der Waals surface area contributed by atoms with Gasteiger partial charge in [0.05, 0.1) is 0 Å². The van der Waals surface area contributed by atoms with Crippen LogP contribution >= 0.6 is 0 Å². The summed E-state index contributed by atoms with van der Waals surface area (Å²) in [6.07, 6.45) is 1.98. The Balaban J connectivity index is 2.53. The van der Waals surface area contributed by atoms with Gasteiger partial charge in [0.25, 0.3) is 5.91 Å². The van der Waals surface area contributed by atoms with Crippen LogP contribution in [0.15, 0.2) is 12.3 Å². The number of fused-ring (bicyclic) bond motifs is 1. The van der Waals surface area contributed by atoms with Gasteiger partial charge >= 0.3 is 0 Å². The van der Waals surface area contributed by atoms with Crippen LogP contribution < -0.4 is 0 Å². The Bertz CT molecular complexity index is 327. The fraction of sp³-hybridized carbons (Fsp3) is 0.444. The van der Waals surface area contributed by atoms with Crippen LogP contribution in [0.2, 0.25) is 0 Å². The SMILES string of the molecule is Cc1ccn2c1C(=O)N(C)CC2. The Morgan fingerprint density at radius 3 is 2.92 bits per heavy atom. The normalized spacial score (nSPS) is 16.5. The van der Waals surface area contributed by atoms with Crippen molar-refractivity contribution in [3.8, 4) is 0 Å². The van der Waals surface area contributed by atoms with Crippen LogP contribution in [-0.4, -0.2) is 29.0 Å². The molecule has 0 aliphatic carbocycles. The average molecular weight is 164 g/mol. The number of aryl methyl sites for hydroxylation is 1. The quantitative estimate of drug-likeness (QED) is 0.559. The second-order valence-corrected chi connectivity index (χ2v) is 3.27. The topological polar surface area (TPSA) is 25.2 Å². The molecule has 64 valence electrons. The Hall–Kier alpha value is -1.25. The van der Waals surface area contributed by atoms with E-state index in [4.69, 9.17) is 0 Å². The van der Waals surface area contributed by atoms with E-state index in [1.807, 2.05) is 30.8 Å². The molecule has 0 saturated heterocycles. The van der Waals surface area contributed by atoms with E-state index in [9.17, 15) is 4.79 Å². The molecule has 0 N–H and O–H groups in total. The van der Waals surface area contributed by atoms with Crippen LogP contribution in [0.1, 0.15) is 16.1 Å². The molecular weight excluding hydrogens is 152 g/mol. The van der Waals surface area contributed by atoms with Gasteiger partial charge in [-0.05, 0) is 18.6 Å². The van der Waals surface area contributed by atoms with Crippen LogP contribution in [0.3, 0.4) is 0 Å². The standard InChI is InChI=1S/C9H12N2O/c1-7-3-4-11-6-5-10(2)9(12)8(7)11/h3-4H,5-6H2,1-2H3. The zero-order chi connectivity index (χ0) is 8.72. The fourth-order valence-electron chi connectivity index (χ4n) is 1.60. The lowest BCUT2D eigenvalue weighted by Gasteiger charge is -2.24. The predicted octanol–water partition coefficient (Wildman–Crippen LogP) is 0.882. The molecule has 1 aliphatic heterocycles. The molecule has 0 aromatic carbocycles. The largest absolute Gasteiger partial charge is 0.342 e. The molecule has 1 aromatic heterocycles. The lowest BCUT2D eigenvalue weighted by Crippen LogP contribution is -2.37. The fourth-order valence-corrected chi connectivity index (χ4v) is 1.60. The minimum atomic E-state index is 0.142.